The van der Waals surface area contributed by atoms with Crippen molar-refractivity contribution in [2.24, 2.45) is 0 Å². The first-order valence-corrected chi connectivity index (χ1v) is 4.97. The fraction of sp³-hybridized carbons (Fsp3) is 0.556. The predicted octanol–water partition coefficient (Wildman–Crippen LogP) is 1.74. The molecular weight excluding hydrogens is 182 g/mol. The summed E-state index contributed by atoms with van der Waals surface area (Å²) in [7, 11) is 1.99. The Morgan fingerprint density at radius 1 is 1.69 bits per heavy atom. The van der Waals surface area contributed by atoms with Gasteiger partial charge in [0.15, 0.2) is 4.77 Å². The van der Waals surface area contributed by atoms with Crippen molar-refractivity contribution in [3.05, 3.63) is 22.2 Å². The minimum Gasteiger partial charge on any atom is -0.334 e. The zero-order chi connectivity index (χ0) is 9.26. The van der Waals surface area contributed by atoms with E-state index >= 15 is 0 Å². The van der Waals surface area contributed by atoms with Gasteiger partial charge >= 0.3 is 0 Å². The lowest BCUT2D eigenvalue weighted by Crippen LogP contribution is -2.22. The Bertz CT molecular complexity index is 358. The molecule has 1 aromatic heterocycles. The van der Waals surface area contributed by atoms with E-state index < -0.39 is 0 Å². The maximum atomic E-state index is 4.99. The number of aryl methyl sites for hydroxylation is 1. The van der Waals surface area contributed by atoms with Crippen LogP contribution in [0, 0.1) is 4.77 Å². The van der Waals surface area contributed by atoms with Crippen molar-refractivity contribution in [3.63, 3.8) is 0 Å². The van der Waals surface area contributed by atoms with E-state index in [1.165, 1.54) is 24.1 Å². The van der Waals surface area contributed by atoms with E-state index in [4.69, 9.17) is 12.2 Å². The summed E-state index contributed by atoms with van der Waals surface area (Å²) in [6.45, 7) is 0. The fourth-order valence-electron chi connectivity index (χ4n) is 1.89. The van der Waals surface area contributed by atoms with Gasteiger partial charge in [0.2, 0.25) is 0 Å². The fourth-order valence-corrected chi connectivity index (χ4v) is 2.06. The highest BCUT2D eigenvalue weighted by atomic mass is 32.1. The molecular formula is C9H13N3S. The molecule has 0 aliphatic heterocycles. The van der Waals surface area contributed by atoms with Crippen molar-refractivity contribution < 1.29 is 0 Å². The molecule has 1 aliphatic rings. The number of nitrogens with zero attached hydrogens (tertiary/aromatic N) is 1. The lowest BCUT2D eigenvalue weighted by atomic mass is 9.93. The molecule has 0 radical (unpaired) electrons. The second kappa shape index (κ2) is 3.55. The Morgan fingerprint density at radius 3 is 3.31 bits per heavy atom. The maximum Gasteiger partial charge on any atom is 0.196 e. The Hall–Kier alpha value is -0.740. The minimum atomic E-state index is 0.447. The molecule has 0 fully saturated rings. The first-order chi connectivity index (χ1) is 6.31. The Labute approximate surface area is 82.6 Å². The summed E-state index contributed by atoms with van der Waals surface area (Å²) < 4.78 is 0.593. The number of aromatic nitrogens is 2. The van der Waals surface area contributed by atoms with Crippen LogP contribution in [0.2, 0.25) is 0 Å². The third-order valence-electron chi connectivity index (χ3n) is 2.57. The highest BCUT2D eigenvalue weighted by Gasteiger charge is 2.18. The molecule has 0 amide bonds. The van der Waals surface area contributed by atoms with Gasteiger partial charge in [-0.25, -0.2) is 4.98 Å². The average Bonchev–Trinajstić information content (AvgIpc) is 2.16. The molecule has 70 valence electrons. The molecule has 0 bridgehead atoms. The van der Waals surface area contributed by atoms with E-state index in [-0.39, 0.29) is 0 Å². The van der Waals surface area contributed by atoms with Crippen LogP contribution >= 0.6 is 12.2 Å². The Kier molecular flexibility index (Phi) is 2.42. The van der Waals surface area contributed by atoms with Crippen LogP contribution in [0.3, 0.4) is 0 Å². The summed E-state index contributed by atoms with van der Waals surface area (Å²) in [4.78, 5) is 7.27. The van der Waals surface area contributed by atoms with Crippen molar-refractivity contribution in [2.45, 2.75) is 25.3 Å². The molecule has 0 spiro atoms. The van der Waals surface area contributed by atoms with Crippen LogP contribution in [0.1, 0.15) is 30.1 Å². The van der Waals surface area contributed by atoms with Crippen molar-refractivity contribution in [2.75, 3.05) is 7.05 Å². The molecule has 13 heavy (non-hydrogen) atoms. The molecule has 2 N–H and O–H groups in total. The number of hydrogen-bond acceptors (Lipinski definition) is 3. The van der Waals surface area contributed by atoms with Gasteiger partial charge in [-0.3, -0.25) is 0 Å². The SMILES string of the molecule is CNC1CCCc2[nH]c(=S)ncc21. The first-order valence-electron chi connectivity index (χ1n) is 4.56. The molecule has 3 nitrogen and oxygen atoms in total. The van der Waals surface area contributed by atoms with Gasteiger partial charge in [0, 0.05) is 23.5 Å². The molecule has 0 saturated heterocycles. The number of hydrogen-bond donors (Lipinski definition) is 2. The van der Waals surface area contributed by atoms with Gasteiger partial charge in [0.25, 0.3) is 0 Å². The number of fused-ring (bicyclic) bond motifs is 1. The number of nitrogens with one attached hydrogen (secondary N) is 2. The van der Waals surface area contributed by atoms with Gasteiger partial charge in [-0.15, -0.1) is 0 Å². The smallest absolute Gasteiger partial charge is 0.196 e. The van der Waals surface area contributed by atoms with Gasteiger partial charge in [-0.2, -0.15) is 0 Å². The summed E-state index contributed by atoms with van der Waals surface area (Å²) >= 11 is 4.99. The largest absolute Gasteiger partial charge is 0.334 e. The van der Waals surface area contributed by atoms with Crippen LogP contribution in [-0.4, -0.2) is 17.0 Å². The molecule has 1 aliphatic carbocycles. The second-order valence-electron chi connectivity index (χ2n) is 3.36. The second-order valence-corrected chi connectivity index (χ2v) is 3.74. The zero-order valence-corrected chi connectivity index (χ0v) is 8.45. The highest BCUT2D eigenvalue weighted by Crippen LogP contribution is 2.26. The Morgan fingerprint density at radius 2 is 2.54 bits per heavy atom. The van der Waals surface area contributed by atoms with Crippen molar-refractivity contribution >= 4 is 12.2 Å². The molecule has 0 aromatic carbocycles. The van der Waals surface area contributed by atoms with Crippen LogP contribution in [0.25, 0.3) is 0 Å². The lowest BCUT2D eigenvalue weighted by Gasteiger charge is -2.23. The molecule has 2 rings (SSSR count). The van der Waals surface area contributed by atoms with Crippen LogP contribution in [-0.2, 0) is 6.42 Å². The van der Waals surface area contributed by atoms with Crippen LogP contribution < -0.4 is 5.32 Å². The van der Waals surface area contributed by atoms with E-state index in [2.05, 4.69) is 15.3 Å². The summed E-state index contributed by atoms with van der Waals surface area (Å²) in [6, 6.07) is 0.447. The van der Waals surface area contributed by atoms with Gasteiger partial charge < -0.3 is 10.3 Å². The van der Waals surface area contributed by atoms with Crippen molar-refractivity contribution in [1.29, 1.82) is 0 Å². The van der Waals surface area contributed by atoms with Gasteiger partial charge in [-0.1, -0.05) is 0 Å². The third-order valence-corrected chi connectivity index (χ3v) is 2.78. The number of H-pyrrole nitrogens is 1. The predicted molar refractivity (Wildman–Crippen MR) is 54.2 cm³/mol. The highest BCUT2D eigenvalue weighted by molar-refractivity contribution is 7.71. The minimum absolute atomic E-state index is 0.447. The molecule has 1 atom stereocenters. The van der Waals surface area contributed by atoms with Gasteiger partial charge in [0.05, 0.1) is 0 Å². The average molecular weight is 195 g/mol. The first kappa shape index (κ1) is 8.84. The summed E-state index contributed by atoms with van der Waals surface area (Å²) in [5.41, 5.74) is 2.54. The van der Waals surface area contributed by atoms with Gasteiger partial charge in [0.1, 0.15) is 0 Å². The molecule has 1 unspecified atom stereocenters. The monoisotopic (exact) mass is 195 g/mol. The summed E-state index contributed by atoms with van der Waals surface area (Å²) in [6.07, 6.45) is 5.40. The lowest BCUT2D eigenvalue weighted by molar-refractivity contribution is 0.487. The third kappa shape index (κ3) is 1.64. The normalized spacial score (nSPS) is 21.2. The summed E-state index contributed by atoms with van der Waals surface area (Å²) in [5.74, 6) is 0. The molecule has 4 heteroatoms. The van der Waals surface area contributed by atoms with E-state index in [1.807, 2.05) is 13.2 Å². The Balaban J connectivity index is 2.46. The van der Waals surface area contributed by atoms with Crippen LogP contribution in [0.5, 0.6) is 0 Å². The van der Waals surface area contributed by atoms with Crippen molar-refractivity contribution in [3.8, 4) is 0 Å². The van der Waals surface area contributed by atoms with E-state index in [0.29, 0.717) is 10.8 Å². The molecule has 1 aromatic rings. The molecule has 1 heterocycles. The summed E-state index contributed by atoms with van der Waals surface area (Å²) in [5, 5.41) is 3.29. The van der Waals surface area contributed by atoms with E-state index in [0.717, 1.165) is 6.42 Å². The van der Waals surface area contributed by atoms with Gasteiger partial charge in [-0.05, 0) is 38.5 Å². The van der Waals surface area contributed by atoms with Crippen molar-refractivity contribution in [1.82, 2.24) is 15.3 Å². The standard InChI is InChI=1S/C9H13N3S/c1-10-7-3-2-4-8-6(7)5-11-9(13)12-8/h5,7,10H,2-4H2,1H3,(H,11,12,13). The zero-order valence-electron chi connectivity index (χ0n) is 7.63. The number of rotatable bonds is 1. The maximum absolute atomic E-state index is 4.99. The number of aromatic amines is 1. The van der Waals surface area contributed by atoms with E-state index in [1.54, 1.807) is 0 Å². The molecule has 0 saturated carbocycles. The van der Waals surface area contributed by atoms with Crippen LogP contribution in [0.4, 0.5) is 0 Å². The van der Waals surface area contributed by atoms with Crippen LogP contribution in [0.15, 0.2) is 6.20 Å². The quantitative estimate of drug-likeness (QED) is 0.671. The van der Waals surface area contributed by atoms with E-state index in [9.17, 15) is 0 Å². The topological polar surface area (TPSA) is 40.7 Å².